The quantitative estimate of drug-likeness (QED) is 0.564. The van der Waals surface area contributed by atoms with Crippen LogP contribution in [0.25, 0.3) is 6.08 Å². The predicted molar refractivity (Wildman–Crippen MR) is 100 cm³/mol. The number of hydrogen-bond donors (Lipinski definition) is 3. The van der Waals surface area contributed by atoms with Crippen LogP contribution in [-0.4, -0.2) is 31.9 Å². The summed E-state index contributed by atoms with van der Waals surface area (Å²) in [4.78, 5) is 17.0. The molecule has 1 aromatic carbocycles. The van der Waals surface area contributed by atoms with Crippen molar-refractivity contribution in [2.24, 2.45) is 0 Å². The zero-order chi connectivity index (χ0) is 19.8. The van der Waals surface area contributed by atoms with Gasteiger partial charge in [-0.15, -0.1) is 0 Å². The van der Waals surface area contributed by atoms with Crippen LogP contribution in [0.1, 0.15) is 43.7 Å². The molecule has 7 nitrogen and oxygen atoms in total. The molecule has 2 heterocycles. The lowest BCUT2D eigenvalue weighted by atomic mass is 10.1. The summed E-state index contributed by atoms with van der Waals surface area (Å²) in [6.07, 6.45) is 2.00. The van der Waals surface area contributed by atoms with Crippen LogP contribution in [0.2, 0.25) is 0 Å². The minimum absolute atomic E-state index is 0.294. The summed E-state index contributed by atoms with van der Waals surface area (Å²) >= 11 is 0. The van der Waals surface area contributed by atoms with E-state index in [1.54, 1.807) is 37.8 Å². The number of hydrogen-bond acceptors (Lipinski definition) is 7. The number of aliphatic hydroxyl groups excluding tert-OH is 1. The molecular weight excluding hydrogens is 348 g/mol. The number of ether oxygens (including phenoxy) is 1. The van der Waals surface area contributed by atoms with Crippen molar-refractivity contribution in [2.45, 2.75) is 39.1 Å². The van der Waals surface area contributed by atoms with Gasteiger partial charge in [0.2, 0.25) is 11.8 Å². The fourth-order valence-electron chi connectivity index (χ4n) is 2.91. The number of aromatic nitrogens is 1. The van der Waals surface area contributed by atoms with E-state index in [-0.39, 0.29) is 11.8 Å². The Morgan fingerprint density at radius 3 is 2.67 bits per heavy atom. The molecule has 3 N–H and O–H groups in total. The van der Waals surface area contributed by atoms with Crippen molar-refractivity contribution in [3.63, 3.8) is 0 Å². The van der Waals surface area contributed by atoms with Crippen LogP contribution in [0.15, 0.2) is 36.4 Å². The SMILES string of the molecule is CC(C)(C)OC(=O)/C=C/c1ccc2c(c1)C(O)N(c1ccc(O)nc1O)C2. The average molecular weight is 370 g/mol. The largest absolute Gasteiger partial charge is 0.493 e. The van der Waals surface area contributed by atoms with Gasteiger partial charge >= 0.3 is 5.97 Å². The lowest BCUT2D eigenvalue weighted by molar-refractivity contribution is -0.148. The van der Waals surface area contributed by atoms with Crippen molar-refractivity contribution in [1.29, 1.82) is 0 Å². The van der Waals surface area contributed by atoms with E-state index in [1.165, 1.54) is 18.2 Å². The third-order valence-corrected chi connectivity index (χ3v) is 4.05. The molecule has 0 fully saturated rings. The zero-order valence-electron chi connectivity index (χ0n) is 15.4. The maximum absolute atomic E-state index is 11.8. The highest BCUT2D eigenvalue weighted by Crippen LogP contribution is 2.40. The summed E-state index contributed by atoms with van der Waals surface area (Å²) in [6.45, 7) is 5.78. The van der Waals surface area contributed by atoms with E-state index in [0.717, 1.165) is 11.1 Å². The fraction of sp³-hybridized carbons (Fsp3) is 0.300. The van der Waals surface area contributed by atoms with Gasteiger partial charge in [0, 0.05) is 24.3 Å². The second-order valence-corrected chi connectivity index (χ2v) is 7.34. The average Bonchev–Trinajstić information content (AvgIpc) is 2.88. The number of anilines is 1. The Balaban J connectivity index is 1.80. The molecule has 0 radical (unpaired) electrons. The van der Waals surface area contributed by atoms with Gasteiger partial charge in [0.1, 0.15) is 11.3 Å². The molecule has 142 valence electrons. The van der Waals surface area contributed by atoms with E-state index in [0.29, 0.717) is 17.8 Å². The topological polar surface area (TPSA) is 103 Å². The number of pyridine rings is 1. The minimum atomic E-state index is -0.980. The first-order valence-corrected chi connectivity index (χ1v) is 8.51. The van der Waals surface area contributed by atoms with Crippen LogP contribution < -0.4 is 4.90 Å². The highest BCUT2D eigenvalue weighted by atomic mass is 16.6. The van der Waals surface area contributed by atoms with Crippen LogP contribution in [-0.2, 0) is 16.1 Å². The number of aliphatic hydroxyl groups is 1. The highest BCUT2D eigenvalue weighted by Gasteiger charge is 2.30. The van der Waals surface area contributed by atoms with Gasteiger partial charge in [0.05, 0.1) is 0 Å². The standard InChI is InChI=1S/C20H22N2O5/c1-20(2,3)27-17(24)9-5-12-4-6-13-11-22(19(26)14(13)10-12)15-7-8-16(23)21-18(15)25/h4-10,19,26H,11H2,1-3H3,(H2,21,23,25)/b9-5+. The van der Waals surface area contributed by atoms with Crippen molar-refractivity contribution in [3.8, 4) is 11.8 Å². The number of esters is 1. The van der Waals surface area contributed by atoms with Crippen molar-refractivity contribution in [1.82, 2.24) is 4.98 Å². The van der Waals surface area contributed by atoms with Gasteiger partial charge in [-0.1, -0.05) is 12.1 Å². The van der Waals surface area contributed by atoms with E-state index < -0.39 is 17.8 Å². The smallest absolute Gasteiger partial charge is 0.331 e. The van der Waals surface area contributed by atoms with Gasteiger partial charge in [0.15, 0.2) is 6.23 Å². The molecule has 0 saturated heterocycles. The fourth-order valence-corrected chi connectivity index (χ4v) is 2.91. The van der Waals surface area contributed by atoms with Crippen molar-refractivity contribution >= 4 is 17.7 Å². The Labute approximate surface area is 157 Å². The van der Waals surface area contributed by atoms with E-state index in [2.05, 4.69) is 4.98 Å². The molecular formula is C20H22N2O5. The summed E-state index contributed by atoms with van der Waals surface area (Å²) in [5.74, 6) is -1.09. The van der Waals surface area contributed by atoms with Crippen LogP contribution in [0.3, 0.4) is 0 Å². The highest BCUT2D eigenvalue weighted by molar-refractivity contribution is 5.87. The summed E-state index contributed by atoms with van der Waals surface area (Å²) in [5, 5.41) is 29.9. The summed E-state index contributed by atoms with van der Waals surface area (Å²) in [6, 6.07) is 8.32. The second-order valence-electron chi connectivity index (χ2n) is 7.34. The van der Waals surface area contributed by atoms with E-state index in [1.807, 2.05) is 12.1 Å². The number of aromatic hydroxyl groups is 2. The Bertz CT molecular complexity index is 902. The number of fused-ring (bicyclic) bond motifs is 1. The Kier molecular flexibility index (Phi) is 4.80. The first-order valence-electron chi connectivity index (χ1n) is 8.51. The van der Waals surface area contributed by atoms with Gasteiger partial charge in [0.25, 0.3) is 0 Å². The number of carbonyl (C=O) groups is 1. The molecule has 0 spiro atoms. The molecule has 7 heteroatoms. The number of benzene rings is 1. The molecule has 0 aliphatic carbocycles. The summed E-state index contributed by atoms with van der Waals surface area (Å²) in [7, 11) is 0. The Hall–Kier alpha value is -3.06. The van der Waals surface area contributed by atoms with Crippen molar-refractivity contribution < 1.29 is 24.9 Å². The molecule has 3 rings (SSSR count). The number of carbonyl (C=O) groups excluding carboxylic acids is 1. The zero-order valence-corrected chi connectivity index (χ0v) is 15.4. The molecule has 0 amide bonds. The van der Waals surface area contributed by atoms with Crippen LogP contribution >= 0.6 is 0 Å². The van der Waals surface area contributed by atoms with Gasteiger partial charge in [-0.05, 0) is 50.1 Å². The molecule has 1 aromatic heterocycles. The summed E-state index contributed by atoms with van der Waals surface area (Å²) < 4.78 is 5.23. The number of rotatable bonds is 3. The van der Waals surface area contributed by atoms with Crippen molar-refractivity contribution in [3.05, 3.63) is 53.1 Å². The maximum Gasteiger partial charge on any atom is 0.331 e. The molecule has 1 unspecified atom stereocenters. The van der Waals surface area contributed by atoms with E-state index >= 15 is 0 Å². The third kappa shape index (κ3) is 4.20. The molecule has 1 aliphatic heterocycles. The molecule has 2 aromatic rings. The molecule has 0 bridgehead atoms. The minimum Gasteiger partial charge on any atom is -0.493 e. The lowest BCUT2D eigenvalue weighted by Gasteiger charge is -2.23. The molecule has 27 heavy (non-hydrogen) atoms. The first-order chi connectivity index (χ1) is 12.6. The normalized spacial score (nSPS) is 16.6. The molecule has 1 atom stereocenters. The third-order valence-electron chi connectivity index (χ3n) is 4.05. The van der Waals surface area contributed by atoms with Gasteiger partial charge in [-0.2, -0.15) is 4.98 Å². The molecule has 1 aliphatic rings. The monoisotopic (exact) mass is 370 g/mol. The predicted octanol–water partition coefficient (Wildman–Crippen LogP) is 2.86. The van der Waals surface area contributed by atoms with Crippen molar-refractivity contribution in [2.75, 3.05) is 4.90 Å². The van der Waals surface area contributed by atoms with Crippen LogP contribution in [0.4, 0.5) is 5.69 Å². The first kappa shape index (κ1) is 18.7. The van der Waals surface area contributed by atoms with E-state index in [9.17, 15) is 20.1 Å². The number of nitrogens with zero attached hydrogens (tertiary/aromatic N) is 2. The maximum atomic E-state index is 11.8. The lowest BCUT2D eigenvalue weighted by Crippen LogP contribution is -2.22. The van der Waals surface area contributed by atoms with E-state index in [4.69, 9.17) is 4.74 Å². The summed E-state index contributed by atoms with van der Waals surface area (Å²) in [5.41, 5.74) is 2.07. The van der Waals surface area contributed by atoms with Gasteiger partial charge in [-0.3, -0.25) is 0 Å². The second kappa shape index (κ2) is 6.92. The van der Waals surface area contributed by atoms with Gasteiger partial charge < -0.3 is 25.0 Å². The molecule has 0 saturated carbocycles. The Morgan fingerprint density at radius 2 is 2.00 bits per heavy atom. The van der Waals surface area contributed by atoms with Crippen LogP contribution in [0, 0.1) is 0 Å². The Morgan fingerprint density at radius 1 is 1.26 bits per heavy atom. The van der Waals surface area contributed by atoms with Crippen LogP contribution in [0.5, 0.6) is 11.8 Å². The van der Waals surface area contributed by atoms with Gasteiger partial charge in [-0.25, -0.2) is 4.79 Å².